The summed E-state index contributed by atoms with van der Waals surface area (Å²) in [5.74, 6) is 0.691. The highest BCUT2D eigenvalue weighted by molar-refractivity contribution is 7.86. The van der Waals surface area contributed by atoms with E-state index >= 15 is 0 Å². The molecule has 2 aliphatic heterocycles. The number of hydrogen-bond donors (Lipinski definition) is 0. The number of carbonyl (C=O) groups excluding carboxylic acids is 1. The number of urea groups is 1. The molecule has 0 bridgehead atoms. The van der Waals surface area contributed by atoms with E-state index in [1.165, 1.54) is 22.7 Å². The van der Waals surface area contributed by atoms with E-state index in [1.807, 2.05) is 4.90 Å². The van der Waals surface area contributed by atoms with E-state index in [9.17, 15) is 13.2 Å². The van der Waals surface area contributed by atoms with Gasteiger partial charge in [-0.15, -0.1) is 0 Å². The molecule has 21 heavy (non-hydrogen) atoms. The molecule has 2 rings (SSSR count). The molecular weight excluding hydrogens is 292 g/mol. The molecule has 2 heterocycles. The minimum atomic E-state index is -3.37. The lowest BCUT2D eigenvalue weighted by atomic mass is 9.99. The largest absolute Gasteiger partial charge is 0.325 e. The fraction of sp³-hybridized carbons (Fsp3) is 0.923. The Balaban J connectivity index is 1.88. The van der Waals surface area contributed by atoms with Crippen molar-refractivity contribution < 1.29 is 13.2 Å². The van der Waals surface area contributed by atoms with Crippen molar-refractivity contribution >= 4 is 16.2 Å². The van der Waals surface area contributed by atoms with Gasteiger partial charge in [-0.05, 0) is 18.8 Å². The molecule has 0 saturated carbocycles. The van der Waals surface area contributed by atoms with Crippen LogP contribution in [0, 0.1) is 5.92 Å². The van der Waals surface area contributed by atoms with Gasteiger partial charge in [0.05, 0.1) is 0 Å². The summed E-state index contributed by atoms with van der Waals surface area (Å²) in [6, 6.07) is 0.0591. The summed E-state index contributed by atoms with van der Waals surface area (Å²) in [5.41, 5.74) is 0. The summed E-state index contributed by atoms with van der Waals surface area (Å²) >= 11 is 0. The molecule has 0 aromatic rings. The Morgan fingerprint density at radius 2 is 1.43 bits per heavy atom. The van der Waals surface area contributed by atoms with Gasteiger partial charge in [0.25, 0.3) is 10.2 Å². The van der Waals surface area contributed by atoms with Gasteiger partial charge in [0.2, 0.25) is 0 Å². The fourth-order valence-corrected chi connectivity index (χ4v) is 3.83. The average Bonchev–Trinajstić information content (AvgIpc) is 2.47. The zero-order chi connectivity index (χ0) is 15.6. The summed E-state index contributed by atoms with van der Waals surface area (Å²) in [7, 11) is -0.307. The van der Waals surface area contributed by atoms with Crippen LogP contribution in [0.5, 0.6) is 0 Å². The van der Waals surface area contributed by atoms with E-state index in [0.29, 0.717) is 32.1 Å². The first kappa shape index (κ1) is 16.5. The number of amides is 2. The highest BCUT2D eigenvalue weighted by atomic mass is 32.2. The minimum absolute atomic E-state index is 0.0591. The first-order valence-corrected chi connectivity index (χ1v) is 8.93. The van der Waals surface area contributed by atoms with Gasteiger partial charge >= 0.3 is 6.03 Å². The molecule has 0 atom stereocenters. The quantitative estimate of drug-likeness (QED) is 0.734. The van der Waals surface area contributed by atoms with Crippen molar-refractivity contribution in [3.8, 4) is 0 Å². The molecule has 7 nitrogen and oxygen atoms in total. The molecular formula is C13H26N4O3S. The number of likely N-dealkylation sites (tertiary alicyclic amines) is 1. The molecule has 0 aromatic carbocycles. The number of piperidine rings is 1. The number of piperazine rings is 1. The SMILES string of the molecule is CC1CCN(C(=O)N2CCN(S(=O)(=O)N(C)C)CC2)CC1. The van der Waals surface area contributed by atoms with Crippen LogP contribution in [0.3, 0.4) is 0 Å². The van der Waals surface area contributed by atoms with Crippen LogP contribution in [0.1, 0.15) is 19.8 Å². The van der Waals surface area contributed by atoms with E-state index in [2.05, 4.69) is 6.92 Å². The molecule has 0 unspecified atom stereocenters. The summed E-state index contributed by atoms with van der Waals surface area (Å²) in [4.78, 5) is 16.1. The summed E-state index contributed by atoms with van der Waals surface area (Å²) < 4.78 is 26.7. The molecule has 8 heteroatoms. The van der Waals surface area contributed by atoms with E-state index in [-0.39, 0.29) is 6.03 Å². The second kappa shape index (κ2) is 6.50. The van der Waals surface area contributed by atoms with Crippen LogP contribution in [0.25, 0.3) is 0 Å². The molecule has 2 aliphatic rings. The van der Waals surface area contributed by atoms with Crippen molar-refractivity contribution in [2.75, 3.05) is 53.4 Å². The maximum Gasteiger partial charge on any atom is 0.320 e. The monoisotopic (exact) mass is 318 g/mol. The molecule has 0 aromatic heterocycles. The van der Waals surface area contributed by atoms with Gasteiger partial charge < -0.3 is 9.80 Å². The van der Waals surface area contributed by atoms with Gasteiger partial charge in [0.1, 0.15) is 0 Å². The van der Waals surface area contributed by atoms with Gasteiger partial charge in [0, 0.05) is 53.4 Å². The van der Waals surface area contributed by atoms with Crippen LogP contribution in [0.4, 0.5) is 4.79 Å². The summed E-state index contributed by atoms with van der Waals surface area (Å²) in [5, 5.41) is 0. The molecule has 0 spiro atoms. The molecule has 2 saturated heterocycles. The lowest BCUT2D eigenvalue weighted by molar-refractivity contribution is 0.119. The second-order valence-corrected chi connectivity index (χ2v) is 8.27. The van der Waals surface area contributed by atoms with Crippen molar-refractivity contribution in [3.05, 3.63) is 0 Å². The number of carbonyl (C=O) groups is 1. The fourth-order valence-electron chi connectivity index (χ4n) is 2.74. The molecule has 0 aliphatic carbocycles. The summed E-state index contributed by atoms with van der Waals surface area (Å²) in [6.07, 6.45) is 2.11. The molecule has 0 N–H and O–H groups in total. The third-order valence-electron chi connectivity index (χ3n) is 4.35. The van der Waals surface area contributed by atoms with Crippen LogP contribution in [-0.4, -0.2) is 86.2 Å². The normalized spacial score (nSPS) is 22.9. The highest BCUT2D eigenvalue weighted by Gasteiger charge is 2.32. The topological polar surface area (TPSA) is 64.2 Å². The van der Waals surface area contributed by atoms with Crippen molar-refractivity contribution in [2.24, 2.45) is 5.92 Å². The average molecular weight is 318 g/mol. The summed E-state index contributed by atoms with van der Waals surface area (Å²) in [6.45, 7) is 5.53. The van der Waals surface area contributed by atoms with Crippen LogP contribution < -0.4 is 0 Å². The van der Waals surface area contributed by atoms with Crippen LogP contribution >= 0.6 is 0 Å². The molecule has 122 valence electrons. The minimum Gasteiger partial charge on any atom is -0.325 e. The highest BCUT2D eigenvalue weighted by Crippen LogP contribution is 2.18. The maximum absolute atomic E-state index is 12.4. The van der Waals surface area contributed by atoms with E-state index in [0.717, 1.165) is 25.9 Å². The van der Waals surface area contributed by atoms with Gasteiger partial charge in [-0.25, -0.2) is 4.79 Å². The van der Waals surface area contributed by atoms with E-state index < -0.39 is 10.2 Å². The van der Waals surface area contributed by atoms with Gasteiger partial charge in [-0.2, -0.15) is 17.0 Å². The van der Waals surface area contributed by atoms with E-state index in [1.54, 1.807) is 4.90 Å². The Hall–Kier alpha value is -0.860. The third-order valence-corrected chi connectivity index (χ3v) is 6.29. The van der Waals surface area contributed by atoms with Crippen molar-refractivity contribution in [1.29, 1.82) is 0 Å². The zero-order valence-electron chi connectivity index (χ0n) is 13.2. The number of hydrogen-bond acceptors (Lipinski definition) is 3. The first-order chi connectivity index (χ1) is 9.82. The molecule has 0 radical (unpaired) electrons. The van der Waals surface area contributed by atoms with E-state index in [4.69, 9.17) is 0 Å². The van der Waals surface area contributed by atoms with Gasteiger partial charge in [-0.3, -0.25) is 0 Å². The Morgan fingerprint density at radius 1 is 0.952 bits per heavy atom. The smallest absolute Gasteiger partial charge is 0.320 e. The Morgan fingerprint density at radius 3 is 1.90 bits per heavy atom. The zero-order valence-corrected chi connectivity index (χ0v) is 14.0. The Bertz CT molecular complexity index is 464. The van der Waals surface area contributed by atoms with Crippen molar-refractivity contribution in [1.82, 2.24) is 18.4 Å². The maximum atomic E-state index is 12.4. The van der Waals surface area contributed by atoms with Crippen LogP contribution in [0.2, 0.25) is 0 Å². The Labute approximate surface area is 127 Å². The Kier molecular flexibility index (Phi) is 5.11. The third kappa shape index (κ3) is 3.67. The predicted octanol–water partition coefficient (Wildman–Crippen LogP) is 0.262. The number of nitrogens with zero attached hydrogens (tertiary/aromatic N) is 4. The lowest BCUT2D eigenvalue weighted by Crippen LogP contribution is -2.56. The van der Waals surface area contributed by atoms with Crippen LogP contribution in [0.15, 0.2) is 0 Å². The standard InChI is InChI=1S/C13H26N4O3S/c1-12-4-6-15(7-5-12)13(18)16-8-10-17(11-9-16)21(19,20)14(2)3/h12H,4-11H2,1-3H3. The lowest BCUT2D eigenvalue weighted by Gasteiger charge is -2.39. The first-order valence-electron chi connectivity index (χ1n) is 7.54. The molecule has 2 amide bonds. The second-order valence-electron chi connectivity index (χ2n) is 6.13. The molecule has 2 fully saturated rings. The van der Waals surface area contributed by atoms with Gasteiger partial charge in [-0.1, -0.05) is 6.92 Å². The van der Waals surface area contributed by atoms with Crippen LogP contribution in [-0.2, 0) is 10.2 Å². The number of rotatable bonds is 2. The van der Waals surface area contributed by atoms with Crippen molar-refractivity contribution in [3.63, 3.8) is 0 Å². The van der Waals surface area contributed by atoms with Crippen molar-refractivity contribution in [2.45, 2.75) is 19.8 Å². The van der Waals surface area contributed by atoms with Gasteiger partial charge in [0.15, 0.2) is 0 Å². The predicted molar refractivity (Wildman–Crippen MR) is 81.1 cm³/mol.